The summed E-state index contributed by atoms with van der Waals surface area (Å²) in [5.74, 6) is -6.15. The third kappa shape index (κ3) is 3.33. The molecule has 0 spiro atoms. The SMILES string of the molecule is CC(=O)NC1C(N)C(F)C(F)(C(N)=O)OC1C(O)C(O)CO. The minimum atomic E-state index is -3.64. The van der Waals surface area contributed by atoms with Crippen molar-refractivity contribution in [1.82, 2.24) is 5.32 Å². The molecule has 7 unspecified atom stereocenters. The number of hydrogen-bond donors (Lipinski definition) is 6. The molecular weight excluding hydrogens is 308 g/mol. The third-order valence-electron chi connectivity index (χ3n) is 3.39. The minimum Gasteiger partial charge on any atom is -0.394 e. The van der Waals surface area contributed by atoms with Crippen LogP contribution in [0.25, 0.3) is 0 Å². The molecular formula is C11H19F2N3O6. The largest absolute Gasteiger partial charge is 0.394 e. The lowest BCUT2D eigenvalue weighted by molar-refractivity contribution is -0.266. The molecule has 2 amide bonds. The Kier molecular flexibility index (Phi) is 5.76. The Balaban J connectivity index is 3.19. The van der Waals surface area contributed by atoms with Crippen LogP contribution in [-0.4, -0.2) is 76.2 Å². The molecule has 0 aromatic heterocycles. The molecule has 0 bridgehead atoms. The molecule has 11 heteroatoms. The summed E-state index contributed by atoms with van der Waals surface area (Å²) >= 11 is 0. The lowest BCUT2D eigenvalue weighted by atomic mass is 9.86. The van der Waals surface area contributed by atoms with Crippen molar-refractivity contribution < 1.29 is 38.4 Å². The van der Waals surface area contributed by atoms with Gasteiger partial charge in [0.25, 0.3) is 5.91 Å². The van der Waals surface area contributed by atoms with Gasteiger partial charge in [0, 0.05) is 6.92 Å². The maximum atomic E-state index is 14.3. The van der Waals surface area contributed by atoms with Gasteiger partial charge >= 0.3 is 5.85 Å². The molecule has 1 heterocycles. The van der Waals surface area contributed by atoms with Gasteiger partial charge in [-0.3, -0.25) is 9.59 Å². The van der Waals surface area contributed by atoms with Gasteiger partial charge in [0.2, 0.25) is 5.91 Å². The van der Waals surface area contributed by atoms with Crippen molar-refractivity contribution in [1.29, 1.82) is 0 Å². The summed E-state index contributed by atoms with van der Waals surface area (Å²) in [6.45, 7) is 0.120. The van der Waals surface area contributed by atoms with Crippen molar-refractivity contribution in [2.45, 2.75) is 49.3 Å². The fourth-order valence-corrected chi connectivity index (χ4v) is 2.20. The van der Waals surface area contributed by atoms with E-state index in [9.17, 15) is 28.6 Å². The van der Waals surface area contributed by atoms with Crippen LogP contribution in [0.15, 0.2) is 0 Å². The van der Waals surface area contributed by atoms with Crippen LogP contribution in [0, 0.1) is 0 Å². The molecule has 0 aliphatic carbocycles. The fraction of sp³-hybridized carbons (Fsp3) is 0.818. The molecule has 7 atom stereocenters. The van der Waals surface area contributed by atoms with Gasteiger partial charge in [-0.05, 0) is 0 Å². The average Bonchev–Trinajstić information content (AvgIpc) is 2.45. The van der Waals surface area contributed by atoms with Gasteiger partial charge in [0.1, 0.15) is 18.3 Å². The van der Waals surface area contributed by atoms with Crippen LogP contribution in [0.4, 0.5) is 8.78 Å². The Morgan fingerprint density at radius 2 is 2.00 bits per heavy atom. The highest BCUT2D eigenvalue weighted by Gasteiger charge is 2.60. The van der Waals surface area contributed by atoms with E-state index in [1.54, 1.807) is 0 Å². The second-order valence-electron chi connectivity index (χ2n) is 5.04. The zero-order valence-corrected chi connectivity index (χ0v) is 11.6. The molecule has 1 rings (SSSR count). The van der Waals surface area contributed by atoms with Crippen LogP contribution < -0.4 is 16.8 Å². The average molecular weight is 327 g/mol. The number of aliphatic hydroxyl groups excluding tert-OH is 3. The molecule has 0 aromatic carbocycles. The first-order valence-electron chi connectivity index (χ1n) is 6.36. The Morgan fingerprint density at radius 3 is 2.41 bits per heavy atom. The zero-order chi connectivity index (χ0) is 17.2. The number of carbonyl (C=O) groups excluding carboxylic acids is 2. The second kappa shape index (κ2) is 6.79. The summed E-state index contributed by atoms with van der Waals surface area (Å²) in [5.41, 5.74) is 10.2. The molecule has 9 nitrogen and oxygen atoms in total. The number of nitrogens with two attached hydrogens (primary N) is 2. The molecule has 128 valence electrons. The van der Waals surface area contributed by atoms with Crippen molar-refractivity contribution in [3.05, 3.63) is 0 Å². The normalized spacial score (nSPS) is 38.1. The number of halogens is 2. The van der Waals surface area contributed by atoms with E-state index in [0.29, 0.717) is 0 Å². The van der Waals surface area contributed by atoms with Crippen LogP contribution in [-0.2, 0) is 14.3 Å². The summed E-state index contributed by atoms with van der Waals surface area (Å²) in [7, 11) is 0. The number of amides is 2. The molecule has 0 saturated carbocycles. The smallest absolute Gasteiger partial charge is 0.321 e. The Labute approximate surface area is 124 Å². The van der Waals surface area contributed by atoms with Crippen molar-refractivity contribution in [2.24, 2.45) is 11.5 Å². The number of primary amides is 1. The van der Waals surface area contributed by atoms with Gasteiger partial charge in [-0.25, -0.2) is 4.39 Å². The number of ether oxygens (including phenoxy) is 1. The molecule has 1 aliphatic rings. The predicted octanol–water partition coefficient (Wildman–Crippen LogP) is -3.58. The highest BCUT2D eigenvalue weighted by atomic mass is 19.2. The van der Waals surface area contributed by atoms with Gasteiger partial charge in [-0.2, -0.15) is 4.39 Å². The van der Waals surface area contributed by atoms with E-state index in [-0.39, 0.29) is 0 Å². The topological polar surface area (TPSA) is 168 Å². The standard InChI is InChI=1S/C11H19F2N3O6/c1-3(18)16-6-5(14)9(12)11(13,10(15)21)22-8(6)7(20)4(19)2-17/h4-9,17,19-20H,2,14H2,1H3,(H2,15,21)(H,16,18). The molecule has 0 aromatic rings. The predicted molar refractivity (Wildman–Crippen MR) is 67.5 cm³/mol. The van der Waals surface area contributed by atoms with Crippen molar-refractivity contribution in [3.63, 3.8) is 0 Å². The van der Waals surface area contributed by atoms with Gasteiger partial charge < -0.3 is 36.8 Å². The van der Waals surface area contributed by atoms with E-state index < -0.39 is 60.8 Å². The lowest BCUT2D eigenvalue weighted by Crippen LogP contribution is -2.74. The van der Waals surface area contributed by atoms with E-state index in [1.165, 1.54) is 0 Å². The Bertz CT molecular complexity index is 442. The maximum Gasteiger partial charge on any atom is 0.321 e. The van der Waals surface area contributed by atoms with Crippen molar-refractivity contribution in [2.75, 3.05) is 6.61 Å². The van der Waals surface area contributed by atoms with Gasteiger partial charge in [-0.15, -0.1) is 0 Å². The number of rotatable bonds is 5. The Hall–Kier alpha value is -1.40. The lowest BCUT2D eigenvalue weighted by Gasteiger charge is -2.46. The maximum absolute atomic E-state index is 14.3. The van der Waals surface area contributed by atoms with Crippen molar-refractivity contribution in [3.8, 4) is 0 Å². The summed E-state index contributed by atoms with van der Waals surface area (Å²) in [4.78, 5) is 22.3. The highest BCUT2D eigenvalue weighted by molar-refractivity contribution is 5.83. The van der Waals surface area contributed by atoms with E-state index in [2.05, 4.69) is 10.1 Å². The molecule has 8 N–H and O–H groups in total. The summed E-state index contributed by atoms with van der Waals surface area (Å²) in [5, 5.41) is 30.3. The van der Waals surface area contributed by atoms with E-state index >= 15 is 0 Å². The van der Waals surface area contributed by atoms with Crippen LogP contribution in [0.1, 0.15) is 6.92 Å². The van der Waals surface area contributed by atoms with E-state index in [0.717, 1.165) is 6.92 Å². The molecule has 0 radical (unpaired) electrons. The molecule has 1 aliphatic heterocycles. The van der Waals surface area contributed by atoms with Crippen molar-refractivity contribution >= 4 is 11.8 Å². The summed E-state index contributed by atoms with van der Waals surface area (Å²) in [6.07, 6.45) is -8.29. The van der Waals surface area contributed by atoms with Crippen LogP contribution in [0.3, 0.4) is 0 Å². The monoisotopic (exact) mass is 327 g/mol. The number of hydrogen-bond acceptors (Lipinski definition) is 7. The van der Waals surface area contributed by atoms with Gasteiger partial charge in [0.05, 0.1) is 18.7 Å². The first-order valence-corrected chi connectivity index (χ1v) is 6.36. The van der Waals surface area contributed by atoms with Crippen LogP contribution in [0.5, 0.6) is 0 Å². The summed E-state index contributed by atoms with van der Waals surface area (Å²) < 4.78 is 32.9. The molecule has 1 saturated heterocycles. The first-order chi connectivity index (χ1) is 10.1. The third-order valence-corrected chi connectivity index (χ3v) is 3.39. The number of nitrogens with one attached hydrogen (secondary N) is 1. The van der Waals surface area contributed by atoms with Gasteiger partial charge in [-0.1, -0.05) is 0 Å². The Morgan fingerprint density at radius 1 is 1.45 bits per heavy atom. The minimum absolute atomic E-state index is 0.697. The second-order valence-corrected chi connectivity index (χ2v) is 5.04. The van der Waals surface area contributed by atoms with E-state index in [1.807, 2.05) is 0 Å². The zero-order valence-electron chi connectivity index (χ0n) is 11.6. The number of alkyl halides is 2. The van der Waals surface area contributed by atoms with Crippen LogP contribution in [0.2, 0.25) is 0 Å². The number of aliphatic hydroxyl groups is 3. The summed E-state index contributed by atoms with van der Waals surface area (Å²) in [6, 6.07) is -3.26. The molecule has 22 heavy (non-hydrogen) atoms. The van der Waals surface area contributed by atoms with Crippen LogP contribution >= 0.6 is 0 Å². The number of carbonyl (C=O) groups is 2. The van der Waals surface area contributed by atoms with E-state index in [4.69, 9.17) is 16.6 Å². The fourth-order valence-electron chi connectivity index (χ4n) is 2.20. The van der Waals surface area contributed by atoms with Gasteiger partial charge in [0.15, 0.2) is 6.17 Å². The quantitative estimate of drug-likeness (QED) is 0.303. The first kappa shape index (κ1) is 18.6. The molecule has 1 fully saturated rings. The highest BCUT2D eigenvalue weighted by Crippen LogP contribution is 2.34.